The molecule has 2 aliphatic rings. The standard InChI is InChI=1S/C21H17F4N3O3/c22-17-3-1-2-16(21(23,24)25)15(17)11-31-14-5-6-18-12(8-14)4-7-19(27-26-18)28-9-13(10-28)20(29)30/h1-8,13,26H,9-11H2,(H,29,30). The number of amidine groups is 1. The summed E-state index contributed by atoms with van der Waals surface area (Å²) in [6.45, 7) is 0.133. The summed E-state index contributed by atoms with van der Waals surface area (Å²) in [6, 6.07) is 7.56. The molecule has 0 atom stereocenters. The van der Waals surface area contributed by atoms with Gasteiger partial charge in [-0.2, -0.15) is 18.3 Å². The number of carbonyl (C=O) groups is 1. The number of aliphatic carboxylic acids is 1. The summed E-state index contributed by atoms with van der Waals surface area (Å²) in [5.74, 6) is -1.44. The summed E-state index contributed by atoms with van der Waals surface area (Å²) in [6.07, 6.45) is -1.25. The van der Waals surface area contributed by atoms with Crippen molar-refractivity contribution >= 4 is 23.6 Å². The fourth-order valence-corrected chi connectivity index (χ4v) is 3.31. The van der Waals surface area contributed by atoms with Crippen LogP contribution in [0.4, 0.5) is 23.2 Å². The van der Waals surface area contributed by atoms with Gasteiger partial charge in [0.25, 0.3) is 0 Å². The van der Waals surface area contributed by atoms with E-state index in [4.69, 9.17) is 9.84 Å². The molecule has 31 heavy (non-hydrogen) atoms. The van der Waals surface area contributed by atoms with Gasteiger partial charge in [-0.15, -0.1) is 0 Å². The van der Waals surface area contributed by atoms with E-state index in [0.717, 1.165) is 18.2 Å². The van der Waals surface area contributed by atoms with Gasteiger partial charge in [0, 0.05) is 24.2 Å². The Hall–Kier alpha value is -3.56. The summed E-state index contributed by atoms with van der Waals surface area (Å²) in [7, 11) is 0. The van der Waals surface area contributed by atoms with Crippen LogP contribution in [0.5, 0.6) is 5.75 Å². The van der Waals surface area contributed by atoms with Crippen molar-refractivity contribution in [2.75, 3.05) is 18.5 Å². The van der Waals surface area contributed by atoms with Crippen molar-refractivity contribution in [2.45, 2.75) is 12.8 Å². The molecule has 0 spiro atoms. The van der Waals surface area contributed by atoms with Crippen molar-refractivity contribution in [3.63, 3.8) is 0 Å². The first kappa shape index (κ1) is 20.7. The number of rotatable bonds is 4. The highest BCUT2D eigenvalue weighted by atomic mass is 19.4. The molecule has 0 amide bonds. The molecular formula is C21H17F4N3O3. The largest absolute Gasteiger partial charge is 0.489 e. The molecule has 0 aromatic heterocycles. The second kappa shape index (κ2) is 7.93. The van der Waals surface area contributed by atoms with E-state index in [0.29, 0.717) is 30.2 Å². The van der Waals surface area contributed by atoms with Gasteiger partial charge in [0.1, 0.15) is 24.0 Å². The van der Waals surface area contributed by atoms with Gasteiger partial charge < -0.3 is 14.7 Å². The minimum absolute atomic E-state index is 0.264. The number of ether oxygens (including phenoxy) is 1. The predicted octanol–water partition coefficient (Wildman–Crippen LogP) is 4.19. The number of hydrogen-bond acceptors (Lipinski definition) is 5. The Morgan fingerprint density at radius 2 is 2.00 bits per heavy atom. The first-order valence-corrected chi connectivity index (χ1v) is 9.33. The smallest absolute Gasteiger partial charge is 0.416 e. The van der Waals surface area contributed by atoms with Crippen molar-refractivity contribution < 1.29 is 32.2 Å². The van der Waals surface area contributed by atoms with Crippen LogP contribution in [0.25, 0.3) is 6.08 Å². The van der Waals surface area contributed by atoms with Crippen molar-refractivity contribution in [3.8, 4) is 5.75 Å². The highest BCUT2D eigenvalue weighted by Gasteiger charge is 2.35. The molecule has 2 aromatic rings. The number of halogens is 4. The van der Waals surface area contributed by atoms with Gasteiger partial charge in [-0.25, -0.2) is 4.39 Å². The van der Waals surface area contributed by atoms with Crippen LogP contribution in [-0.4, -0.2) is 34.9 Å². The fourth-order valence-electron chi connectivity index (χ4n) is 3.31. The van der Waals surface area contributed by atoms with E-state index >= 15 is 0 Å². The molecule has 1 fully saturated rings. The van der Waals surface area contributed by atoms with E-state index in [9.17, 15) is 22.4 Å². The molecule has 0 saturated carbocycles. The average Bonchev–Trinajstić information content (AvgIpc) is 2.87. The minimum Gasteiger partial charge on any atom is -0.489 e. The number of hydrogen-bond donors (Lipinski definition) is 2. The number of carboxylic acid groups (broad SMARTS) is 1. The maximum absolute atomic E-state index is 14.0. The third kappa shape index (κ3) is 4.32. The lowest BCUT2D eigenvalue weighted by Gasteiger charge is -2.37. The minimum atomic E-state index is -4.69. The quantitative estimate of drug-likeness (QED) is 0.705. The molecule has 162 valence electrons. The van der Waals surface area contributed by atoms with Crippen LogP contribution in [-0.2, 0) is 17.6 Å². The second-order valence-electron chi connectivity index (χ2n) is 7.16. The number of nitrogens with one attached hydrogen (secondary N) is 1. The Morgan fingerprint density at radius 3 is 2.71 bits per heavy atom. The van der Waals surface area contributed by atoms with Crippen LogP contribution in [0.1, 0.15) is 16.7 Å². The van der Waals surface area contributed by atoms with Crippen LogP contribution < -0.4 is 10.2 Å². The van der Waals surface area contributed by atoms with Gasteiger partial charge in [-0.05, 0) is 42.5 Å². The molecular weight excluding hydrogens is 418 g/mol. The molecule has 2 heterocycles. The van der Waals surface area contributed by atoms with Crippen molar-refractivity contribution in [3.05, 3.63) is 65.0 Å². The number of likely N-dealkylation sites (tertiary alicyclic amines) is 1. The van der Waals surface area contributed by atoms with Crippen LogP contribution in [0.2, 0.25) is 0 Å². The molecule has 0 unspecified atom stereocenters. The molecule has 4 rings (SSSR count). The number of carboxylic acids is 1. The lowest BCUT2D eigenvalue weighted by molar-refractivity contribution is -0.145. The number of anilines is 1. The van der Waals surface area contributed by atoms with E-state index in [1.54, 1.807) is 30.4 Å². The predicted molar refractivity (Wildman–Crippen MR) is 105 cm³/mol. The topological polar surface area (TPSA) is 74.2 Å². The zero-order valence-corrected chi connectivity index (χ0v) is 16.0. The van der Waals surface area contributed by atoms with Crippen molar-refractivity contribution in [2.24, 2.45) is 11.0 Å². The summed E-state index contributed by atoms with van der Waals surface area (Å²) in [4.78, 5) is 12.8. The van der Waals surface area contributed by atoms with Crippen molar-refractivity contribution in [1.82, 2.24) is 4.90 Å². The highest BCUT2D eigenvalue weighted by Crippen LogP contribution is 2.34. The Morgan fingerprint density at radius 1 is 1.23 bits per heavy atom. The number of alkyl halides is 3. The Balaban J connectivity index is 1.47. The van der Waals surface area contributed by atoms with E-state index < -0.39 is 41.6 Å². The maximum Gasteiger partial charge on any atom is 0.416 e. The first-order chi connectivity index (χ1) is 14.7. The van der Waals surface area contributed by atoms with Gasteiger partial charge in [0.15, 0.2) is 0 Å². The molecule has 2 aliphatic heterocycles. The SMILES string of the molecule is O=C(O)C1CN(C2=NNc3ccc(OCc4c(F)cccc4C(F)(F)F)cc3C=C2)C1. The van der Waals surface area contributed by atoms with Gasteiger partial charge in [0.2, 0.25) is 0 Å². The monoisotopic (exact) mass is 435 g/mol. The van der Waals surface area contributed by atoms with Gasteiger partial charge >= 0.3 is 12.1 Å². The third-order valence-corrected chi connectivity index (χ3v) is 5.09. The van der Waals surface area contributed by atoms with E-state index in [-0.39, 0.29) is 5.75 Å². The average molecular weight is 435 g/mol. The normalized spacial score (nSPS) is 16.0. The Bertz CT molecular complexity index is 1080. The molecule has 0 aliphatic carbocycles. The zero-order chi connectivity index (χ0) is 22.2. The molecule has 0 bridgehead atoms. The second-order valence-corrected chi connectivity index (χ2v) is 7.16. The van der Waals surface area contributed by atoms with E-state index in [1.807, 2.05) is 4.90 Å². The number of fused-ring (bicyclic) bond motifs is 1. The number of benzene rings is 2. The number of nitrogens with zero attached hydrogens (tertiary/aromatic N) is 2. The van der Waals surface area contributed by atoms with Crippen LogP contribution in [0.15, 0.2) is 47.6 Å². The molecule has 2 aromatic carbocycles. The van der Waals surface area contributed by atoms with Crippen LogP contribution >= 0.6 is 0 Å². The summed E-state index contributed by atoms with van der Waals surface area (Å²) < 4.78 is 58.9. The summed E-state index contributed by atoms with van der Waals surface area (Å²) in [5, 5.41) is 13.2. The van der Waals surface area contributed by atoms with Gasteiger partial charge in [-0.1, -0.05) is 6.07 Å². The van der Waals surface area contributed by atoms with Gasteiger partial charge in [-0.3, -0.25) is 10.2 Å². The lowest BCUT2D eigenvalue weighted by Crippen LogP contribution is -2.52. The maximum atomic E-state index is 14.0. The Kier molecular flexibility index (Phi) is 5.30. The molecule has 0 radical (unpaired) electrons. The first-order valence-electron chi connectivity index (χ1n) is 9.33. The molecule has 10 heteroatoms. The lowest BCUT2D eigenvalue weighted by atomic mass is 10.0. The molecule has 2 N–H and O–H groups in total. The Labute approximate surface area is 174 Å². The van der Waals surface area contributed by atoms with Crippen LogP contribution in [0.3, 0.4) is 0 Å². The van der Waals surface area contributed by atoms with E-state index in [1.165, 1.54) is 0 Å². The summed E-state index contributed by atoms with van der Waals surface area (Å²) >= 11 is 0. The third-order valence-electron chi connectivity index (χ3n) is 5.09. The summed E-state index contributed by atoms with van der Waals surface area (Å²) in [5.41, 5.74) is 2.54. The van der Waals surface area contributed by atoms with Crippen molar-refractivity contribution in [1.29, 1.82) is 0 Å². The van der Waals surface area contributed by atoms with E-state index in [2.05, 4.69) is 10.5 Å². The zero-order valence-electron chi connectivity index (χ0n) is 16.0. The molecule has 6 nitrogen and oxygen atoms in total. The van der Waals surface area contributed by atoms with Crippen LogP contribution in [0, 0.1) is 11.7 Å². The van der Waals surface area contributed by atoms with Gasteiger partial charge in [0.05, 0.1) is 17.2 Å². The molecule has 1 saturated heterocycles. The number of hydrazone groups is 1. The fraction of sp³-hybridized carbons (Fsp3) is 0.238. The highest BCUT2D eigenvalue weighted by molar-refractivity contribution is 6.00.